The lowest BCUT2D eigenvalue weighted by molar-refractivity contribution is 0.143. The molecule has 1 radical (unpaired) electrons. The fraction of sp³-hybridized carbons (Fsp3) is 0.235. The molecule has 0 N–H and O–H groups in total. The van der Waals surface area contributed by atoms with Gasteiger partial charge in [-0.1, -0.05) is 127 Å². The van der Waals surface area contributed by atoms with Gasteiger partial charge in [0.25, 0.3) is 0 Å². The highest BCUT2D eigenvalue weighted by Crippen LogP contribution is 2.63. The lowest BCUT2D eigenvalue weighted by Crippen LogP contribution is -2.42. The maximum Gasteiger partial charge on any atom is -0.00125 e. The van der Waals surface area contributed by atoms with Crippen LogP contribution in [0.2, 0.25) is 0 Å². The highest BCUT2D eigenvalue weighted by Gasteiger charge is 2.51. The van der Waals surface area contributed by atoms with E-state index >= 15 is 0 Å². The van der Waals surface area contributed by atoms with Crippen LogP contribution in [0.3, 0.4) is 0 Å². The van der Waals surface area contributed by atoms with Gasteiger partial charge < -0.3 is 0 Å². The SMILES string of the molecule is [C]1=CC2C(CC1)C(c1ccccc1)C(c1ccccc1)C(c1ccccc1)C2c1ccccc1. The van der Waals surface area contributed by atoms with Gasteiger partial charge in [-0.25, -0.2) is 0 Å². The number of benzene rings is 4. The zero-order chi connectivity index (χ0) is 22.7. The summed E-state index contributed by atoms with van der Waals surface area (Å²) in [7, 11) is 0. The predicted molar refractivity (Wildman–Crippen MR) is 141 cm³/mol. The van der Waals surface area contributed by atoms with Crippen molar-refractivity contribution in [2.75, 3.05) is 0 Å². The van der Waals surface area contributed by atoms with Crippen molar-refractivity contribution in [3.63, 3.8) is 0 Å². The van der Waals surface area contributed by atoms with Crippen LogP contribution < -0.4 is 0 Å². The Hall–Kier alpha value is -3.38. The van der Waals surface area contributed by atoms with Crippen molar-refractivity contribution in [1.29, 1.82) is 0 Å². The molecule has 4 aromatic carbocycles. The summed E-state index contributed by atoms with van der Waals surface area (Å²) < 4.78 is 0. The van der Waals surface area contributed by atoms with E-state index in [-0.39, 0.29) is 0 Å². The topological polar surface area (TPSA) is 0 Å². The minimum absolute atomic E-state index is 0.383. The first kappa shape index (κ1) is 21.2. The molecule has 0 bridgehead atoms. The average Bonchev–Trinajstić information content (AvgIpc) is 2.93. The molecule has 6 rings (SSSR count). The molecule has 6 atom stereocenters. The maximum atomic E-state index is 3.66. The number of hydrogen-bond donors (Lipinski definition) is 0. The van der Waals surface area contributed by atoms with E-state index in [4.69, 9.17) is 0 Å². The first-order valence-corrected chi connectivity index (χ1v) is 12.7. The standard InChI is InChI=1S/C34H31/c1-5-15-25(16-6-1)31-29-23-13-14-24-30(29)32(26-17-7-2-8-18-26)34(28-21-11-4-12-22-28)33(31)27-19-9-3-10-20-27/h1-12,15-22,24,29-34H,13,23H2. The molecule has 0 heteroatoms. The average molecular weight is 440 g/mol. The van der Waals surface area contributed by atoms with E-state index in [1.165, 1.54) is 28.7 Å². The van der Waals surface area contributed by atoms with Gasteiger partial charge in [0.05, 0.1) is 0 Å². The predicted octanol–water partition coefficient (Wildman–Crippen LogP) is 8.52. The molecule has 0 aliphatic heterocycles. The molecule has 0 amide bonds. The van der Waals surface area contributed by atoms with E-state index in [0.29, 0.717) is 35.5 Å². The van der Waals surface area contributed by atoms with Crippen LogP contribution >= 0.6 is 0 Å². The molecule has 167 valence electrons. The Balaban J connectivity index is 1.62. The van der Waals surface area contributed by atoms with Crippen LogP contribution in [-0.2, 0) is 0 Å². The van der Waals surface area contributed by atoms with Gasteiger partial charge in [-0.3, -0.25) is 0 Å². The molecule has 4 aromatic rings. The van der Waals surface area contributed by atoms with E-state index < -0.39 is 0 Å². The Bertz CT molecular complexity index is 1210. The number of allylic oxidation sites excluding steroid dienone is 2. The van der Waals surface area contributed by atoms with Crippen LogP contribution in [0.5, 0.6) is 0 Å². The minimum atomic E-state index is 0.383. The molecule has 2 aliphatic carbocycles. The molecular formula is C34H31. The fourth-order valence-electron chi connectivity index (χ4n) is 6.94. The van der Waals surface area contributed by atoms with Crippen LogP contribution in [0.15, 0.2) is 127 Å². The van der Waals surface area contributed by atoms with Gasteiger partial charge in [0, 0.05) is 0 Å². The quantitative estimate of drug-likeness (QED) is 0.299. The van der Waals surface area contributed by atoms with Gasteiger partial charge >= 0.3 is 0 Å². The van der Waals surface area contributed by atoms with Crippen LogP contribution in [0.25, 0.3) is 0 Å². The van der Waals surface area contributed by atoms with Gasteiger partial charge in [-0.2, -0.15) is 0 Å². The first-order chi connectivity index (χ1) is 16.9. The van der Waals surface area contributed by atoms with Crippen molar-refractivity contribution in [3.8, 4) is 0 Å². The summed E-state index contributed by atoms with van der Waals surface area (Å²) in [4.78, 5) is 0. The summed E-state index contributed by atoms with van der Waals surface area (Å²) in [6, 6.07) is 45.2. The van der Waals surface area contributed by atoms with Crippen molar-refractivity contribution in [3.05, 3.63) is 156 Å². The highest BCUT2D eigenvalue weighted by atomic mass is 14.5. The molecule has 1 saturated carbocycles. The molecule has 34 heavy (non-hydrogen) atoms. The van der Waals surface area contributed by atoms with E-state index in [9.17, 15) is 0 Å². The largest absolute Gasteiger partial charge is 0.0770 e. The van der Waals surface area contributed by atoms with Gasteiger partial charge in [0.1, 0.15) is 0 Å². The van der Waals surface area contributed by atoms with Crippen LogP contribution in [-0.4, -0.2) is 0 Å². The third kappa shape index (κ3) is 3.82. The lowest BCUT2D eigenvalue weighted by Gasteiger charge is -2.53. The summed E-state index contributed by atoms with van der Waals surface area (Å²) in [5.74, 6) is 2.76. The maximum absolute atomic E-state index is 3.66. The van der Waals surface area contributed by atoms with Crippen LogP contribution in [0.1, 0.15) is 58.8 Å². The van der Waals surface area contributed by atoms with Crippen LogP contribution in [0.4, 0.5) is 0 Å². The third-order valence-electron chi connectivity index (χ3n) is 8.20. The van der Waals surface area contributed by atoms with E-state index in [1.54, 1.807) is 0 Å². The Morgan fingerprint density at radius 1 is 0.441 bits per heavy atom. The Morgan fingerprint density at radius 2 is 0.824 bits per heavy atom. The van der Waals surface area contributed by atoms with E-state index in [2.05, 4.69) is 133 Å². The molecular weight excluding hydrogens is 408 g/mol. The van der Waals surface area contributed by atoms with Crippen molar-refractivity contribution in [1.82, 2.24) is 0 Å². The Morgan fingerprint density at radius 3 is 1.29 bits per heavy atom. The van der Waals surface area contributed by atoms with Gasteiger partial charge in [0.2, 0.25) is 0 Å². The van der Waals surface area contributed by atoms with Crippen molar-refractivity contribution in [2.24, 2.45) is 11.8 Å². The molecule has 0 saturated heterocycles. The van der Waals surface area contributed by atoms with Crippen molar-refractivity contribution >= 4 is 0 Å². The Kier molecular flexibility index (Phi) is 5.90. The molecule has 0 nitrogen and oxygen atoms in total. The van der Waals surface area contributed by atoms with Gasteiger partial charge in [-0.05, 0) is 76.7 Å². The molecule has 1 fully saturated rings. The molecule has 2 aliphatic rings. The number of rotatable bonds is 4. The zero-order valence-corrected chi connectivity index (χ0v) is 19.5. The minimum Gasteiger partial charge on any atom is -0.0770 e. The summed E-state index contributed by atoms with van der Waals surface area (Å²) in [5, 5.41) is 0. The van der Waals surface area contributed by atoms with E-state index in [1.807, 2.05) is 0 Å². The molecule has 6 unspecified atom stereocenters. The summed E-state index contributed by atoms with van der Waals surface area (Å²) in [6.45, 7) is 0. The Labute approximate surface area is 204 Å². The lowest BCUT2D eigenvalue weighted by atomic mass is 9.50. The van der Waals surface area contributed by atoms with Crippen LogP contribution in [0, 0.1) is 17.9 Å². The second kappa shape index (κ2) is 9.47. The number of fused-ring (bicyclic) bond motifs is 1. The monoisotopic (exact) mass is 439 g/mol. The summed E-state index contributed by atoms with van der Waals surface area (Å²) in [6.07, 6.45) is 8.36. The van der Waals surface area contributed by atoms with E-state index in [0.717, 1.165) is 6.42 Å². The molecule has 0 spiro atoms. The second-order valence-electron chi connectivity index (χ2n) is 9.90. The highest BCUT2D eigenvalue weighted by molar-refractivity contribution is 5.42. The van der Waals surface area contributed by atoms with Crippen molar-refractivity contribution in [2.45, 2.75) is 36.5 Å². The molecule has 0 heterocycles. The second-order valence-corrected chi connectivity index (χ2v) is 9.90. The molecule has 0 aromatic heterocycles. The zero-order valence-electron chi connectivity index (χ0n) is 19.5. The third-order valence-corrected chi connectivity index (χ3v) is 8.20. The first-order valence-electron chi connectivity index (χ1n) is 12.7. The fourth-order valence-corrected chi connectivity index (χ4v) is 6.94. The van der Waals surface area contributed by atoms with Crippen molar-refractivity contribution < 1.29 is 0 Å². The van der Waals surface area contributed by atoms with Gasteiger partial charge in [0.15, 0.2) is 0 Å². The normalized spacial score (nSPS) is 28.2. The number of hydrogen-bond acceptors (Lipinski definition) is 0. The summed E-state index contributed by atoms with van der Waals surface area (Å²) >= 11 is 0. The summed E-state index contributed by atoms with van der Waals surface area (Å²) in [5.41, 5.74) is 5.85. The smallest absolute Gasteiger partial charge is 0.00125 e. The van der Waals surface area contributed by atoms with Gasteiger partial charge in [-0.15, -0.1) is 0 Å².